The molecule has 0 aliphatic heterocycles. The first-order valence-corrected chi connectivity index (χ1v) is 9.07. The summed E-state index contributed by atoms with van der Waals surface area (Å²) in [6.07, 6.45) is 1.84. The van der Waals surface area contributed by atoms with Gasteiger partial charge in [-0.2, -0.15) is 5.26 Å². The minimum Gasteiger partial charge on any atom is -0.349 e. The number of carbonyl (C=O) groups is 1. The van der Waals surface area contributed by atoms with Crippen LogP contribution in [0, 0.1) is 18.3 Å². The van der Waals surface area contributed by atoms with E-state index in [4.69, 9.17) is 0 Å². The van der Waals surface area contributed by atoms with Crippen molar-refractivity contribution in [3.63, 3.8) is 0 Å². The number of para-hydroxylation sites is 1. The van der Waals surface area contributed by atoms with Crippen molar-refractivity contribution in [2.24, 2.45) is 0 Å². The number of hydrogen-bond acceptors (Lipinski definition) is 5. The predicted octanol–water partition coefficient (Wildman–Crippen LogP) is 3.88. The Kier molecular flexibility index (Phi) is 6.27. The van der Waals surface area contributed by atoms with Gasteiger partial charge < -0.3 is 10.6 Å². The largest absolute Gasteiger partial charge is 0.349 e. The van der Waals surface area contributed by atoms with Crippen LogP contribution in [0.5, 0.6) is 0 Å². The molecule has 0 aliphatic rings. The van der Waals surface area contributed by atoms with E-state index in [1.807, 2.05) is 61.0 Å². The minimum atomic E-state index is -0.369. The molecule has 1 aromatic heterocycles. The van der Waals surface area contributed by atoms with Crippen molar-refractivity contribution in [3.05, 3.63) is 62.8 Å². The zero-order chi connectivity index (χ0) is 16.7. The molecule has 4 nitrogen and oxygen atoms in total. The highest BCUT2D eigenvalue weighted by atomic mass is 32.2. The van der Waals surface area contributed by atoms with Gasteiger partial charge in [-0.25, -0.2) is 0 Å². The van der Waals surface area contributed by atoms with E-state index in [9.17, 15) is 10.1 Å². The minimum absolute atomic E-state index is 0.0947. The number of rotatable bonds is 6. The van der Waals surface area contributed by atoms with E-state index in [-0.39, 0.29) is 11.5 Å². The Morgan fingerprint density at radius 2 is 2.09 bits per heavy atom. The Morgan fingerprint density at radius 1 is 1.30 bits per heavy atom. The van der Waals surface area contributed by atoms with Crippen LogP contribution in [-0.4, -0.2) is 12.2 Å². The van der Waals surface area contributed by atoms with Crippen LogP contribution in [0.4, 0.5) is 5.69 Å². The van der Waals surface area contributed by atoms with Crippen LogP contribution in [0.15, 0.2) is 52.4 Å². The highest BCUT2D eigenvalue weighted by molar-refractivity contribution is 8.02. The summed E-state index contributed by atoms with van der Waals surface area (Å²) in [5.74, 6) is -0.369. The van der Waals surface area contributed by atoms with Gasteiger partial charge in [-0.05, 0) is 36.3 Å². The lowest BCUT2D eigenvalue weighted by molar-refractivity contribution is -0.117. The van der Waals surface area contributed by atoms with Crippen molar-refractivity contribution >= 4 is 34.7 Å². The number of anilines is 1. The quantitative estimate of drug-likeness (QED) is 0.617. The molecule has 6 heteroatoms. The number of amides is 1. The fourth-order valence-electron chi connectivity index (χ4n) is 1.92. The number of benzene rings is 1. The van der Waals surface area contributed by atoms with E-state index < -0.39 is 0 Å². The molecule has 0 unspecified atom stereocenters. The highest BCUT2D eigenvalue weighted by Gasteiger charge is 2.16. The van der Waals surface area contributed by atoms with Crippen molar-refractivity contribution < 1.29 is 4.79 Å². The van der Waals surface area contributed by atoms with E-state index in [0.717, 1.165) is 16.1 Å². The van der Waals surface area contributed by atoms with E-state index in [1.54, 1.807) is 11.3 Å². The second-order valence-corrected chi connectivity index (χ2v) is 6.57. The standard InChI is InChI=1S/C17H17N3OS2/c1-12-6-3-4-8-15(12)20-17(22-2)14(10-18)16(21)19-11-13-7-5-9-23-13/h3-9,20H,11H2,1-2H3,(H,19,21). The van der Waals surface area contributed by atoms with Gasteiger partial charge >= 0.3 is 0 Å². The maximum atomic E-state index is 12.3. The van der Waals surface area contributed by atoms with Crippen LogP contribution in [0.2, 0.25) is 0 Å². The van der Waals surface area contributed by atoms with Gasteiger partial charge in [-0.15, -0.1) is 23.1 Å². The summed E-state index contributed by atoms with van der Waals surface area (Å²) >= 11 is 2.91. The molecule has 23 heavy (non-hydrogen) atoms. The van der Waals surface area contributed by atoms with E-state index in [1.165, 1.54) is 11.8 Å². The van der Waals surface area contributed by atoms with Gasteiger partial charge in [0.2, 0.25) is 0 Å². The molecule has 0 saturated carbocycles. The summed E-state index contributed by atoms with van der Waals surface area (Å²) in [7, 11) is 0. The molecule has 0 saturated heterocycles. The molecule has 1 heterocycles. The third kappa shape index (κ3) is 4.62. The number of nitrogens with zero attached hydrogens (tertiary/aromatic N) is 1. The molecule has 0 spiro atoms. The van der Waals surface area contributed by atoms with Crippen molar-refractivity contribution in [1.29, 1.82) is 5.26 Å². The van der Waals surface area contributed by atoms with Crippen molar-refractivity contribution in [1.82, 2.24) is 5.32 Å². The second-order valence-electron chi connectivity index (χ2n) is 4.72. The fraction of sp³-hybridized carbons (Fsp3) is 0.176. The zero-order valence-electron chi connectivity index (χ0n) is 12.9. The van der Waals surface area contributed by atoms with E-state index in [0.29, 0.717) is 11.6 Å². The Balaban J connectivity index is 2.16. The van der Waals surface area contributed by atoms with E-state index in [2.05, 4.69) is 10.6 Å². The van der Waals surface area contributed by atoms with Crippen LogP contribution in [0.3, 0.4) is 0 Å². The summed E-state index contributed by atoms with van der Waals surface area (Å²) in [4.78, 5) is 13.4. The summed E-state index contributed by atoms with van der Waals surface area (Å²) in [5, 5.41) is 17.9. The van der Waals surface area contributed by atoms with Gasteiger partial charge in [0.25, 0.3) is 5.91 Å². The SMILES string of the molecule is CSC(Nc1ccccc1C)=C(C#N)C(=O)NCc1cccs1. The van der Waals surface area contributed by atoms with Gasteiger partial charge in [0.05, 0.1) is 11.6 Å². The molecular weight excluding hydrogens is 326 g/mol. The lowest BCUT2D eigenvalue weighted by Crippen LogP contribution is -2.25. The first kappa shape index (κ1) is 17.1. The lowest BCUT2D eigenvalue weighted by Gasteiger charge is -2.13. The third-order valence-corrected chi connectivity index (χ3v) is 4.76. The first-order chi connectivity index (χ1) is 11.2. The lowest BCUT2D eigenvalue weighted by atomic mass is 10.2. The smallest absolute Gasteiger partial charge is 0.264 e. The molecular formula is C17H17N3OS2. The number of thioether (sulfide) groups is 1. The second kappa shape index (κ2) is 8.42. The monoisotopic (exact) mass is 343 g/mol. The van der Waals surface area contributed by atoms with Crippen LogP contribution < -0.4 is 10.6 Å². The summed E-state index contributed by atoms with van der Waals surface area (Å²) in [5.41, 5.74) is 2.03. The number of thiophene rings is 1. The summed E-state index contributed by atoms with van der Waals surface area (Å²) in [6, 6.07) is 13.6. The molecule has 2 N–H and O–H groups in total. The number of carbonyl (C=O) groups excluding carboxylic acids is 1. The number of hydrogen-bond donors (Lipinski definition) is 2. The topological polar surface area (TPSA) is 64.9 Å². The molecule has 0 aliphatic carbocycles. The number of nitrogens with one attached hydrogen (secondary N) is 2. The molecule has 2 rings (SSSR count). The maximum absolute atomic E-state index is 12.3. The van der Waals surface area contributed by atoms with Crippen molar-refractivity contribution in [3.8, 4) is 6.07 Å². The van der Waals surface area contributed by atoms with Gasteiger partial charge in [0, 0.05) is 10.6 Å². The van der Waals surface area contributed by atoms with Crippen molar-refractivity contribution in [2.45, 2.75) is 13.5 Å². The molecule has 1 aromatic carbocycles. The normalized spacial score (nSPS) is 11.3. The van der Waals surface area contributed by atoms with Crippen LogP contribution in [0.25, 0.3) is 0 Å². The Bertz CT molecular complexity index is 745. The molecule has 2 aromatic rings. The highest BCUT2D eigenvalue weighted by Crippen LogP contribution is 2.23. The Labute approximate surface area is 144 Å². The van der Waals surface area contributed by atoms with Gasteiger partial charge in [0.15, 0.2) is 0 Å². The summed E-state index contributed by atoms with van der Waals surface area (Å²) < 4.78 is 0. The molecule has 0 fully saturated rings. The van der Waals surface area contributed by atoms with E-state index >= 15 is 0 Å². The van der Waals surface area contributed by atoms with Gasteiger partial charge in [0.1, 0.15) is 11.6 Å². The average molecular weight is 343 g/mol. The van der Waals surface area contributed by atoms with Crippen LogP contribution in [0.1, 0.15) is 10.4 Å². The Hall–Kier alpha value is -2.23. The fourth-order valence-corrected chi connectivity index (χ4v) is 3.12. The van der Waals surface area contributed by atoms with Crippen LogP contribution >= 0.6 is 23.1 Å². The predicted molar refractivity (Wildman–Crippen MR) is 97.1 cm³/mol. The summed E-state index contributed by atoms with van der Waals surface area (Å²) in [6.45, 7) is 2.40. The Morgan fingerprint density at radius 3 is 2.70 bits per heavy atom. The van der Waals surface area contributed by atoms with Crippen LogP contribution in [-0.2, 0) is 11.3 Å². The van der Waals surface area contributed by atoms with Gasteiger partial charge in [-0.3, -0.25) is 4.79 Å². The maximum Gasteiger partial charge on any atom is 0.264 e. The van der Waals surface area contributed by atoms with Gasteiger partial charge in [-0.1, -0.05) is 24.3 Å². The van der Waals surface area contributed by atoms with Crippen molar-refractivity contribution in [2.75, 3.05) is 11.6 Å². The number of aryl methyl sites for hydroxylation is 1. The molecule has 1 amide bonds. The first-order valence-electron chi connectivity index (χ1n) is 6.97. The molecule has 118 valence electrons. The molecule has 0 bridgehead atoms. The number of nitriles is 1. The average Bonchev–Trinajstić information content (AvgIpc) is 3.08. The zero-order valence-corrected chi connectivity index (χ0v) is 14.6. The molecule has 0 atom stereocenters. The third-order valence-electron chi connectivity index (χ3n) is 3.17. The molecule has 0 radical (unpaired) electrons.